The number of carbonyl (C=O) groups excluding carboxylic acids is 1. The lowest BCUT2D eigenvalue weighted by atomic mass is 9.42. The van der Waals surface area contributed by atoms with Crippen LogP contribution in [0.1, 0.15) is 106 Å². The van der Waals surface area contributed by atoms with Crippen molar-refractivity contribution in [3.63, 3.8) is 0 Å². The molecule has 24 N–H and O–H groups in total. The largest absolute Gasteiger partial charge is 0.430 e. The number of fused-ring (bicyclic) bond motifs is 5. The summed E-state index contributed by atoms with van der Waals surface area (Å²) < 4.78 is 109. The molecule has 10 heterocycles. The smallest absolute Gasteiger partial charge is 0.314 e. The highest BCUT2D eigenvalue weighted by molar-refractivity contribution is 5.76. The molecule has 12 fully saturated rings. The highest BCUT2D eigenvalue weighted by Gasteiger charge is 2.77. The number of carbonyl (C=O) groups is 1. The third-order valence-electron chi connectivity index (χ3n) is 29.4. The fourth-order valence-corrected chi connectivity index (χ4v) is 21.9. The Hall–Kier alpha value is -2.43. The van der Waals surface area contributed by atoms with Gasteiger partial charge in [0.05, 0.1) is 76.6 Å². The quantitative estimate of drug-likeness (QED) is 0.0353. The molecule has 0 aromatic carbocycles. The molecule has 0 aromatic rings. The molecular formula is C76H122O43. The molecule has 0 bridgehead atoms. The Bertz CT molecular complexity index is 3470. The first-order valence-corrected chi connectivity index (χ1v) is 41.2. The lowest BCUT2D eigenvalue weighted by molar-refractivity contribution is -0.412. The molecule has 10 saturated heterocycles. The number of allylic oxidation sites excluding steroid dienone is 2. The molecule has 0 amide bonds. The summed E-state index contributed by atoms with van der Waals surface area (Å²) >= 11 is 0. The second-order valence-electron chi connectivity index (χ2n) is 36.0. The molecule has 2 spiro atoms. The maximum absolute atomic E-state index is 12.9. The van der Waals surface area contributed by atoms with Crippen LogP contribution < -0.4 is 0 Å². The summed E-state index contributed by atoms with van der Waals surface area (Å²) in [5.41, 5.74) is -0.277. The highest BCUT2D eigenvalue weighted by Crippen LogP contribution is 2.77. The number of rotatable bonds is 22. The topological polar surface area (TPSA) is 669 Å². The summed E-state index contributed by atoms with van der Waals surface area (Å²) in [6.45, 7) is 7.32. The number of aliphatic hydroxyl groups is 24. The molecular weight excluding hydrogens is 1600 g/mol. The van der Waals surface area contributed by atoms with Crippen LogP contribution in [0.5, 0.6) is 0 Å². The van der Waals surface area contributed by atoms with Crippen molar-refractivity contribution in [2.75, 3.05) is 52.9 Å². The molecule has 4 aliphatic carbocycles. The van der Waals surface area contributed by atoms with E-state index in [1.807, 2.05) is 6.92 Å². The average Bonchev–Trinajstić information content (AvgIpc) is 1.50. The van der Waals surface area contributed by atoms with Crippen molar-refractivity contribution >= 4 is 5.97 Å². The molecule has 684 valence electrons. The van der Waals surface area contributed by atoms with E-state index in [0.29, 0.717) is 44.9 Å². The minimum absolute atomic E-state index is 0.0508. The van der Waals surface area contributed by atoms with Gasteiger partial charge in [-0.3, -0.25) is 4.79 Å². The Labute approximate surface area is 683 Å². The predicted molar refractivity (Wildman–Crippen MR) is 382 cm³/mol. The van der Waals surface area contributed by atoms with Crippen LogP contribution in [0.2, 0.25) is 0 Å². The average molecular weight is 1720 g/mol. The van der Waals surface area contributed by atoms with E-state index in [-0.39, 0.29) is 23.9 Å². The van der Waals surface area contributed by atoms with Gasteiger partial charge in [0.15, 0.2) is 50.3 Å². The number of hydrogen-bond acceptors (Lipinski definition) is 43. The van der Waals surface area contributed by atoms with Gasteiger partial charge in [-0.05, 0) is 87.9 Å². The Morgan fingerprint density at radius 3 is 1.41 bits per heavy atom. The van der Waals surface area contributed by atoms with Crippen molar-refractivity contribution in [2.24, 2.45) is 39.4 Å². The molecule has 49 atom stereocenters. The zero-order valence-electron chi connectivity index (χ0n) is 66.8. The van der Waals surface area contributed by atoms with E-state index in [1.165, 1.54) is 18.1 Å². The fourth-order valence-electron chi connectivity index (χ4n) is 21.9. The number of hydrogen-bond donors (Lipinski definition) is 24. The molecule has 119 heavy (non-hydrogen) atoms. The molecule has 43 heteroatoms. The minimum atomic E-state index is -2.42. The van der Waals surface area contributed by atoms with E-state index >= 15 is 0 Å². The Morgan fingerprint density at radius 1 is 0.403 bits per heavy atom. The standard InChI is InChI=1S/C76H122O43/c1-25-16-76(61(100)26(2)62(101)118-76)119-75(25)15-14-73(6)29-8-9-37-71(4,28(29)10-13-74(73,75)7)12-11-38(72(37,5)24-80)112-65-52(96)48(92)43(87)36(110-65)23-105-69-59(41(85)31(82)21-103-69)116-70-60(117-64-51(95)47(91)39(83)27(3)106-64)58(46(90)34(19-79)109-70)115-68-55(99)57(45(89)33(18-78)108-68)114-67-54(98)56(44(88)32(17-77)107-67)113-66-53(97)49(93)42(86)35(111-66)22-104-63-50(94)40(84)30(81)20-102-63/h25-27,30-61,63-70,77-100H,8-24H2,1-7H3/t25-,26-,27+,30-,31+,32-,33-,34-,35-,36-,37-,38+,39+,40+,41+,42-,43-,44+,45-,46-,47-,48+,49+,50-,51-,52-,53-,54-,55-,56+,57+,58+,59-,60-,61+,63+,64+,65+,66+,67+,68+,69+,70+,71-,72-,73+,74+,75+,76-/m1/s1. The monoisotopic (exact) mass is 1720 g/mol. The summed E-state index contributed by atoms with van der Waals surface area (Å²) in [6.07, 6.45) is -71.7. The zero-order valence-corrected chi connectivity index (χ0v) is 66.8. The molecule has 2 saturated carbocycles. The van der Waals surface area contributed by atoms with E-state index in [4.69, 9.17) is 85.3 Å². The Balaban J connectivity index is 0.672. The summed E-state index contributed by atoms with van der Waals surface area (Å²) in [5.74, 6) is -2.91. The second kappa shape index (κ2) is 35.6. The number of ether oxygens (including phenoxy) is 18. The fraction of sp³-hybridized carbons (Fsp3) is 0.961. The van der Waals surface area contributed by atoms with Crippen LogP contribution in [0.15, 0.2) is 11.1 Å². The van der Waals surface area contributed by atoms with Crippen molar-refractivity contribution in [1.82, 2.24) is 0 Å². The van der Waals surface area contributed by atoms with Gasteiger partial charge >= 0.3 is 5.97 Å². The van der Waals surface area contributed by atoms with Crippen LogP contribution in [-0.4, -0.2) is 438 Å². The molecule has 0 unspecified atom stereocenters. The van der Waals surface area contributed by atoms with E-state index in [0.717, 1.165) is 12.8 Å². The van der Waals surface area contributed by atoms with Crippen LogP contribution in [0, 0.1) is 39.4 Å². The van der Waals surface area contributed by atoms with Gasteiger partial charge in [-0.2, -0.15) is 0 Å². The molecule has 14 rings (SSSR count). The Kier molecular flexibility index (Phi) is 27.7. The van der Waals surface area contributed by atoms with Crippen molar-refractivity contribution in [3.8, 4) is 0 Å². The summed E-state index contributed by atoms with van der Waals surface area (Å²) in [7, 11) is 0. The molecule has 0 aromatic heterocycles. The first-order chi connectivity index (χ1) is 56.1. The maximum Gasteiger partial charge on any atom is 0.314 e. The van der Waals surface area contributed by atoms with Crippen molar-refractivity contribution < 1.29 is 213 Å². The van der Waals surface area contributed by atoms with Gasteiger partial charge in [-0.25, -0.2) is 0 Å². The van der Waals surface area contributed by atoms with E-state index in [2.05, 4.69) is 27.7 Å². The third kappa shape index (κ3) is 15.9. The van der Waals surface area contributed by atoms with Gasteiger partial charge in [0, 0.05) is 17.3 Å². The van der Waals surface area contributed by atoms with E-state index in [1.54, 1.807) is 6.92 Å². The van der Waals surface area contributed by atoms with Gasteiger partial charge in [0.1, 0.15) is 183 Å². The molecule has 10 aliphatic heterocycles. The first kappa shape index (κ1) is 92.7. The van der Waals surface area contributed by atoms with Crippen molar-refractivity contribution in [3.05, 3.63) is 11.1 Å². The lowest BCUT2D eigenvalue weighted by Crippen LogP contribution is -2.69. The van der Waals surface area contributed by atoms with Crippen LogP contribution in [0.3, 0.4) is 0 Å². The van der Waals surface area contributed by atoms with Gasteiger partial charge in [-0.15, -0.1) is 0 Å². The SMILES string of the molecule is C[C@@H]1O[C@@H](O[C@H]2[C@H](O[C@H]3[C@H](OC[C@H]4O[C@@H](O[C@H]5CC[C@]6(C)C7=C(CC[C@H]6[C@@]5(C)CO)[C@]5(C)CC[C@@]6(O[C@@]8(C[C@H]6C)OC(=O)[C@H](C)[C@@H]8O)[C@@]5(C)CC7)[C@H](O)[C@@H](O)[C@@H]4O)OC[C@H](O)[C@@H]3O)O[C@H](CO)[C@@H](O)[C@@H]2O[C@@H]2O[C@H](CO)[C@@H](O)[C@H](O[C@@H]3O[C@H](CO)[C@H](O)[C@H](O[C@@H]4O[C@H](CO[C@@H]5OC[C@@H](O)[C@H](O)[C@H]5O)[C@@H](O)[C@H](O)[C@H]4O)[C@H]3O)[C@H]2O)[C@H](O)[C@H](O)[C@H]1O. The van der Waals surface area contributed by atoms with Crippen molar-refractivity contribution in [2.45, 2.75) is 363 Å². The van der Waals surface area contributed by atoms with Gasteiger partial charge in [0.25, 0.3) is 0 Å². The molecule has 43 nitrogen and oxygen atoms in total. The van der Waals surface area contributed by atoms with Crippen LogP contribution >= 0.6 is 0 Å². The van der Waals surface area contributed by atoms with E-state index in [9.17, 15) is 127 Å². The predicted octanol–water partition coefficient (Wildman–Crippen LogP) is -10.6. The lowest BCUT2D eigenvalue weighted by Gasteiger charge is -2.63. The summed E-state index contributed by atoms with van der Waals surface area (Å²) in [4.78, 5) is 12.9. The van der Waals surface area contributed by atoms with E-state index < -0.39 is 331 Å². The maximum atomic E-state index is 12.9. The summed E-state index contributed by atoms with van der Waals surface area (Å²) in [6, 6.07) is 0. The van der Waals surface area contributed by atoms with Crippen LogP contribution in [-0.2, 0) is 90.1 Å². The zero-order chi connectivity index (χ0) is 86.3. The van der Waals surface area contributed by atoms with Crippen LogP contribution in [0.4, 0.5) is 0 Å². The second-order valence-corrected chi connectivity index (χ2v) is 36.0. The third-order valence-corrected chi connectivity index (χ3v) is 29.4. The number of aliphatic hydroxyl groups excluding tert-OH is 24. The summed E-state index contributed by atoms with van der Waals surface area (Å²) in [5, 5.41) is 269. The van der Waals surface area contributed by atoms with Crippen molar-refractivity contribution in [1.29, 1.82) is 0 Å². The molecule has 14 aliphatic rings. The molecule has 0 radical (unpaired) electrons. The minimum Gasteiger partial charge on any atom is -0.430 e. The normalized spacial score (nSPS) is 56.0. The Morgan fingerprint density at radius 2 is 0.866 bits per heavy atom. The highest BCUT2D eigenvalue weighted by atomic mass is 16.8. The van der Waals surface area contributed by atoms with Gasteiger partial charge < -0.3 is 208 Å². The van der Waals surface area contributed by atoms with Gasteiger partial charge in [0.2, 0.25) is 5.79 Å². The van der Waals surface area contributed by atoms with Gasteiger partial charge in [-0.1, -0.05) is 45.8 Å². The number of esters is 1. The first-order valence-electron chi connectivity index (χ1n) is 41.2. The van der Waals surface area contributed by atoms with Crippen LogP contribution in [0.25, 0.3) is 0 Å².